The molecule has 1 aromatic carbocycles. The van der Waals surface area contributed by atoms with Crippen LogP contribution in [0.3, 0.4) is 0 Å². The molecule has 0 aromatic heterocycles. The van der Waals surface area contributed by atoms with E-state index in [0.29, 0.717) is 18.7 Å². The molecular formula is C16H21NO4. The maximum atomic E-state index is 12.5. The van der Waals surface area contributed by atoms with E-state index >= 15 is 0 Å². The average molecular weight is 291 g/mol. The molecule has 1 amide bonds. The molecule has 3 atom stereocenters. The predicted molar refractivity (Wildman–Crippen MR) is 78.0 cm³/mol. The summed E-state index contributed by atoms with van der Waals surface area (Å²) in [5.41, 5.74) is 0. The molecule has 1 N–H and O–H groups in total. The molecule has 1 fully saturated rings. The van der Waals surface area contributed by atoms with Crippen LogP contribution in [0.2, 0.25) is 0 Å². The molecule has 0 bridgehead atoms. The van der Waals surface area contributed by atoms with Gasteiger partial charge in [0.15, 0.2) is 6.10 Å². The molecule has 0 aliphatic carbocycles. The third kappa shape index (κ3) is 3.54. The summed E-state index contributed by atoms with van der Waals surface area (Å²) in [7, 11) is 0. The summed E-state index contributed by atoms with van der Waals surface area (Å²) in [5, 5.41) is 9.15. The van der Waals surface area contributed by atoms with Gasteiger partial charge in [0.05, 0.1) is 5.92 Å². The van der Waals surface area contributed by atoms with E-state index in [4.69, 9.17) is 9.84 Å². The molecule has 1 unspecified atom stereocenters. The van der Waals surface area contributed by atoms with Gasteiger partial charge >= 0.3 is 5.97 Å². The van der Waals surface area contributed by atoms with Gasteiger partial charge in [-0.2, -0.15) is 0 Å². The molecule has 1 heterocycles. The third-order valence-electron chi connectivity index (χ3n) is 3.91. The Balaban J connectivity index is 2.02. The summed E-state index contributed by atoms with van der Waals surface area (Å²) in [6, 6.07) is 9.20. The minimum absolute atomic E-state index is 0.0271. The number of carboxylic acids is 1. The number of para-hydroxylation sites is 1. The lowest BCUT2D eigenvalue weighted by atomic mass is 9.99. The fraction of sp³-hybridized carbons (Fsp3) is 0.500. The highest BCUT2D eigenvalue weighted by atomic mass is 16.5. The van der Waals surface area contributed by atoms with Crippen molar-refractivity contribution in [1.29, 1.82) is 0 Å². The smallest absolute Gasteiger partial charge is 0.308 e. The summed E-state index contributed by atoms with van der Waals surface area (Å²) in [5.74, 6) is -0.824. The minimum atomic E-state index is -0.838. The highest BCUT2D eigenvalue weighted by molar-refractivity contribution is 5.83. The van der Waals surface area contributed by atoms with Crippen molar-refractivity contribution in [2.45, 2.75) is 26.4 Å². The second-order valence-electron chi connectivity index (χ2n) is 5.49. The second kappa shape index (κ2) is 6.61. The van der Waals surface area contributed by atoms with Crippen molar-refractivity contribution in [3.05, 3.63) is 30.3 Å². The van der Waals surface area contributed by atoms with Crippen LogP contribution >= 0.6 is 0 Å². The lowest BCUT2D eigenvalue weighted by Gasteiger charge is -2.23. The number of nitrogens with zero attached hydrogens (tertiary/aromatic N) is 1. The Bertz CT molecular complexity index is 502. The molecule has 5 heteroatoms. The van der Waals surface area contributed by atoms with E-state index in [0.717, 1.165) is 0 Å². The van der Waals surface area contributed by atoms with Crippen molar-refractivity contribution in [2.75, 3.05) is 13.1 Å². The van der Waals surface area contributed by atoms with E-state index < -0.39 is 18.0 Å². The Morgan fingerprint density at radius 2 is 2.00 bits per heavy atom. The number of hydrogen-bond acceptors (Lipinski definition) is 3. The van der Waals surface area contributed by atoms with Gasteiger partial charge in [0.25, 0.3) is 5.91 Å². The average Bonchev–Trinajstić information content (AvgIpc) is 2.87. The molecule has 2 rings (SSSR count). The molecule has 1 aromatic rings. The normalized spacial score (nSPS) is 22.9. The molecule has 114 valence electrons. The number of carbonyl (C=O) groups is 2. The number of rotatable bonds is 5. The first-order chi connectivity index (χ1) is 10.0. The van der Waals surface area contributed by atoms with Crippen LogP contribution in [-0.4, -0.2) is 41.1 Å². The predicted octanol–water partition coefficient (Wildman–Crippen LogP) is 2.02. The first-order valence-electron chi connectivity index (χ1n) is 7.26. The molecule has 1 aliphatic rings. The van der Waals surface area contributed by atoms with Crippen molar-refractivity contribution in [3.63, 3.8) is 0 Å². The zero-order chi connectivity index (χ0) is 15.4. The van der Waals surface area contributed by atoms with E-state index in [1.54, 1.807) is 4.90 Å². The van der Waals surface area contributed by atoms with Crippen molar-refractivity contribution in [3.8, 4) is 5.75 Å². The van der Waals surface area contributed by atoms with Crippen LogP contribution in [-0.2, 0) is 9.59 Å². The lowest BCUT2D eigenvalue weighted by Crippen LogP contribution is -2.41. The van der Waals surface area contributed by atoms with E-state index in [1.807, 2.05) is 44.2 Å². The SMILES string of the molecule is CCC(Oc1ccccc1)C(=O)N1C[C@@H](C)[C@H](C(=O)O)C1. The molecular weight excluding hydrogens is 270 g/mol. The number of likely N-dealkylation sites (tertiary alicyclic amines) is 1. The molecule has 1 aliphatic heterocycles. The van der Waals surface area contributed by atoms with Gasteiger partial charge in [0.1, 0.15) is 5.75 Å². The minimum Gasteiger partial charge on any atom is -0.481 e. The highest BCUT2D eigenvalue weighted by Crippen LogP contribution is 2.25. The maximum Gasteiger partial charge on any atom is 0.308 e. The number of benzene rings is 1. The van der Waals surface area contributed by atoms with Crippen LogP contribution in [0.1, 0.15) is 20.3 Å². The summed E-state index contributed by atoms with van der Waals surface area (Å²) < 4.78 is 5.73. The highest BCUT2D eigenvalue weighted by Gasteiger charge is 2.39. The van der Waals surface area contributed by atoms with E-state index in [-0.39, 0.29) is 18.4 Å². The standard InChI is InChI=1S/C16H21NO4/c1-3-14(21-12-7-5-4-6-8-12)15(18)17-9-11(2)13(10-17)16(19)20/h4-8,11,13-14H,3,9-10H2,1-2H3,(H,19,20)/t11-,13-,14?/m1/s1. The summed E-state index contributed by atoms with van der Waals surface area (Å²) in [4.78, 5) is 25.3. The fourth-order valence-corrected chi connectivity index (χ4v) is 2.64. The zero-order valence-electron chi connectivity index (χ0n) is 12.4. The topological polar surface area (TPSA) is 66.8 Å². The number of hydrogen-bond donors (Lipinski definition) is 1. The lowest BCUT2D eigenvalue weighted by molar-refractivity contribution is -0.142. The molecule has 0 radical (unpaired) electrons. The van der Waals surface area contributed by atoms with Gasteiger partial charge in [-0.05, 0) is 24.5 Å². The fourth-order valence-electron chi connectivity index (χ4n) is 2.64. The zero-order valence-corrected chi connectivity index (χ0v) is 12.4. The number of carboxylic acid groups (broad SMARTS) is 1. The first kappa shape index (κ1) is 15.4. The van der Waals surface area contributed by atoms with Crippen LogP contribution in [0.15, 0.2) is 30.3 Å². The van der Waals surface area contributed by atoms with Crippen molar-refractivity contribution >= 4 is 11.9 Å². The van der Waals surface area contributed by atoms with Crippen LogP contribution in [0.25, 0.3) is 0 Å². The second-order valence-corrected chi connectivity index (χ2v) is 5.49. The van der Waals surface area contributed by atoms with Gasteiger partial charge in [-0.3, -0.25) is 9.59 Å². The van der Waals surface area contributed by atoms with Crippen LogP contribution in [0.4, 0.5) is 0 Å². The van der Waals surface area contributed by atoms with Crippen molar-refractivity contribution in [1.82, 2.24) is 4.90 Å². The molecule has 0 spiro atoms. The number of amides is 1. The number of ether oxygens (including phenoxy) is 1. The Morgan fingerprint density at radius 3 is 2.52 bits per heavy atom. The largest absolute Gasteiger partial charge is 0.481 e. The van der Waals surface area contributed by atoms with E-state index in [1.165, 1.54) is 0 Å². The van der Waals surface area contributed by atoms with E-state index in [2.05, 4.69) is 0 Å². The quantitative estimate of drug-likeness (QED) is 0.901. The number of aliphatic carboxylic acids is 1. The molecule has 1 saturated heterocycles. The summed E-state index contributed by atoms with van der Waals surface area (Å²) in [6.45, 7) is 4.50. The van der Waals surface area contributed by atoms with Gasteiger partial charge in [-0.25, -0.2) is 0 Å². The Morgan fingerprint density at radius 1 is 1.33 bits per heavy atom. The third-order valence-corrected chi connectivity index (χ3v) is 3.91. The van der Waals surface area contributed by atoms with Crippen molar-refractivity contribution in [2.24, 2.45) is 11.8 Å². The Kier molecular flexibility index (Phi) is 4.83. The van der Waals surface area contributed by atoms with Crippen LogP contribution in [0, 0.1) is 11.8 Å². The first-order valence-corrected chi connectivity index (χ1v) is 7.26. The molecule has 0 saturated carbocycles. The molecule has 5 nitrogen and oxygen atoms in total. The van der Waals surface area contributed by atoms with E-state index in [9.17, 15) is 9.59 Å². The van der Waals surface area contributed by atoms with Gasteiger partial charge < -0.3 is 14.7 Å². The monoisotopic (exact) mass is 291 g/mol. The summed E-state index contributed by atoms with van der Waals surface area (Å²) >= 11 is 0. The van der Waals surface area contributed by atoms with Gasteiger partial charge in [0.2, 0.25) is 0 Å². The number of carbonyl (C=O) groups excluding carboxylic acids is 1. The van der Waals surface area contributed by atoms with Gasteiger partial charge in [0, 0.05) is 13.1 Å². The Labute approximate surface area is 124 Å². The Hall–Kier alpha value is -2.04. The van der Waals surface area contributed by atoms with Crippen LogP contribution < -0.4 is 4.74 Å². The van der Waals surface area contributed by atoms with Crippen molar-refractivity contribution < 1.29 is 19.4 Å². The molecule has 21 heavy (non-hydrogen) atoms. The van der Waals surface area contributed by atoms with Crippen LogP contribution in [0.5, 0.6) is 5.75 Å². The summed E-state index contributed by atoms with van der Waals surface area (Å²) in [6.07, 6.45) is -0.0109. The van der Waals surface area contributed by atoms with Gasteiger partial charge in [-0.15, -0.1) is 0 Å². The maximum absolute atomic E-state index is 12.5. The van der Waals surface area contributed by atoms with Gasteiger partial charge in [-0.1, -0.05) is 32.0 Å².